The molecule has 1 aromatic rings. The highest BCUT2D eigenvalue weighted by molar-refractivity contribution is 5.79. The Morgan fingerprint density at radius 1 is 1.20 bits per heavy atom. The second-order valence-electron chi connectivity index (χ2n) is 6.25. The standard InChI is InChI=1S/C19H31N3O3/c1-16-4-6-18(7-5-16)25-13-10-22-19(20-2)21-9-3-11-23-14-17-8-12-24-15-17/h4-7,17H,3,8-15H2,1-2H3,(H2,20,21,22). The third-order valence-electron chi connectivity index (χ3n) is 4.04. The number of nitrogens with zero attached hydrogens (tertiary/aromatic N) is 1. The van der Waals surface area contributed by atoms with Crippen molar-refractivity contribution in [3.05, 3.63) is 29.8 Å². The van der Waals surface area contributed by atoms with Crippen LogP contribution in [0.2, 0.25) is 0 Å². The predicted molar refractivity (Wildman–Crippen MR) is 100 cm³/mol. The summed E-state index contributed by atoms with van der Waals surface area (Å²) < 4.78 is 16.7. The topological polar surface area (TPSA) is 64.1 Å². The van der Waals surface area contributed by atoms with Crippen molar-refractivity contribution in [1.29, 1.82) is 0 Å². The van der Waals surface area contributed by atoms with Gasteiger partial charge >= 0.3 is 0 Å². The molecule has 1 aromatic carbocycles. The van der Waals surface area contributed by atoms with E-state index in [9.17, 15) is 0 Å². The number of aryl methyl sites for hydroxylation is 1. The van der Waals surface area contributed by atoms with Gasteiger partial charge in [-0.1, -0.05) is 17.7 Å². The largest absolute Gasteiger partial charge is 0.492 e. The molecule has 1 saturated heterocycles. The number of aliphatic imine (C=N–C) groups is 1. The quantitative estimate of drug-likeness (QED) is 0.384. The zero-order chi connectivity index (χ0) is 17.7. The van der Waals surface area contributed by atoms with Crippen molar-refractivity contribution >= 4 is 5.96 Å². The van der Waals surface area contributed by atoms with E-state index in [4.69, 9.17) is 14.2 Å². The van der Waals surface area contributed by atoms with Crippen molar-refractivity contribution in [2.45, 2.75) is 19.8 Å². The molecule has 2 N–H and O–H groups in total. The van der Waals surface area contributed by atoms with Gasteiger partial charge in [0, 0.05) is 32.7 Å². The van der Waals surface area contributed by atoms with E-state index in [-0.39, 0.29) is 0 Å². The first-order valence-electron chi connectivity index (χ1n) is 9.07. The number of hydrogen-bond acceptors (Lipinski definition) is 4. The first-order valence-corrected chi connectivity index (χ1v) is 9.07. The van der Waals surface area contributed by atoms with E-state index in [0.717, 1.165) is 57.5 Å². The lowest BCUT2D eigenvalue weighted by atomic mass is 10.1. The molecule has 1 fully saturated rings. The van der Waals surface area contributed by atoms with Gasteiger partial charge in [0.25, 0.3) is 0 Å². The normalized spacial score (nSPS) is 17.5. The van der Waals surface area contributed by atoms with Gasteiger partial charge in [-0.15, -0.1) is 0 Å². The highest BCUT2D eigenvalue weighted by Crippen LogP contribution is 2.12. The molecule has 0 aromatic heterocycles. The van der Waals surface area contributed by atoms with Gasteiger partial charge in [-0.3, -0.25) is 4.99 Å². The summed E-state index contributed by atoms with van der Waals surface area (Å²) in [6.07, 6.45) is 2.08. The number of rotatable bonds is 10. The van der Waals surface area contributed by atoms with Crippen molar-refractivity contribution in [2.24, 2.45) is 10.9 Å². The molecular weight excluding hydrogens is 318 g/mol. The minimum absolute atomic E-state index is 0.580. The van der Waals surface area contributed by atoms with Crippen molar-refractivity contribution in [3.63, 3.8) is 0 Å². The summed E-state index contributed by atoms with van der Waals surface area (Å²) in [5.41, 5.74) is 1.23. The Bertz CT molecular complexity index is 499. The number of guanidine groups is 1. The SMILES string of the molecule is CN=C(NCCCOCC1CCOC1)NCCOc1ccc(C)cc1. The smallest absolute Gasteiger partial charge is 0.191 e. The van der Waals surface area contributed by atoms with Crippen molar-refractivity contribution in [3.8, 4) is 5.75 Å². The molecule has 0 amide bonds. The third kappa shape index (κ3) is 8.23. The van der Waals surface area contributed by atoms with Crippen LogP contribution in [0.5, 0.6) is 5.75 Å². The Kier molecular flexibility index (Phi) is 9.15. The van der Waals surface area contributed by atoms with Gasteiger partial charge in [-0.05, 0) is 31.9 Å². The molecule has 1 unspecified atom stereocenters. The Morgan fingerprint density at radius 3 is 2.72 bits per heavy atom. The first-order chi connectivity index (χ1) is 12.3. The fraction of sp³-hybridized carbons (Fsp3) is 0.632. The monoisotopic (exact) mass is 349 g/mol. The minimum atomic E-state index is 0.580. The molecule has 1 aliphatic rings. The maximum atomic E-state index is 5.69. The van der Waals surface area contributed by atoms with Crippen LogP contribution in [0, 0.1) is 12.8 Å². The molecule has 6 nitrogen and oxygen atoms in total. The lowest BCUT2D eigenvalue weighted by Gasteiger charge is -2.13. The molecule has 0 bridgehead atoms. The highest BCUT2D eigenvalue weighted by Gasteiger charge is 2.15. The zero-order valence-electron chi connectivity index (χ0n) is 15.4. The molecule has 1 atom stereocenters. The molecule has 0 aliphatic carbocycles. The van der Waals surface area contributed by atoms with Crippen LogP contribution in [-0.4, -0.2) is 59.1 Å². The van der Waals surface area contributed by atoms with E-state index < -0.39 is 0 Å². The maximum absolute atomic E-state index is 5.69. The van der Waals surface area contributed by atoms with Crippen molar-refractivity contribution < 1.29 is 14.2 Å². The number of benzene rings is 1. The minimum Gasteiger partial charge on any atom is -0.492 e. The Hall–Kier alpha value is -1.79. The van der Waals surface area contributed by atoms with E-state index in [0.29, 0.717) is 19.1 Å². The molecule has 6 heteroatoms. The Balaban J connectivity index is 1.46. The van der Waals surface area contributed by atoms with Crippen LogP contribution in [0.25, 0.3) is 0 Å². The summed E-state index contributed by atoms with van der Waals surface area (Å²) in [4.78, 5) is 4.21. The van der Waals surface area contributed by atoms with E-state index in [2.05, 4.69) is 22.5 Å². The second kappa shape index (κ2) is 11.7. The summed E-state index contributed by atoms with van der Waals surface area (Å²) >= 11 is 0. The van der Waals surface area contributed by atoms with Crippen LogP contribution >= 0.6 is 0 Å². The van der Waals surface area contributed by atoms with Gasteiger partial charge in [-0.2, -0.15) is 0 Å². The van der Waals surface area contributed by atoms with Crippen LogP contribution in [0.4, 0.5) is 0 Å². The van der Waals surface area contributed by atoms with Gasteiger partial charge in [0.05, 0.1) is 19.8 Å². The van der Waals surface area contributed by atoms with Crippen molar-refractivity contribution in [2.75, 3.05) is 53.2 Å². The highest BCUT2D eigenvalue weighted by atomic mass is 16.5. The summed E-state index contributed by atoms with van der Waals surface area (Å²) in [5.74, 6) is 2.26. The molecule has 0 saturated carbocycles. The summed E-state index contributed by atoms with van der Waals surface area (Å²) in [5, 5.41) is 6.53. The lowest BCUT2D eigenvalue weighted by molar-refractivity contribution is 0.0888. The molecule has 0 radical (unpaired) electrons. The van der Waals surface area contributed by atoms with E-state index in [1.54, 1.807) is 7.05 Å². The van der Waals surface area contributed by atoms with Crippen LogP contribution in [-0.2, 0) is 9.47 Å². The lowest BCUT2D eigenvalue weighted by Crippen LogP contribution is -2.39. The van der Waals surface area contributed by atoms with Gasteiger partial charge in [0.1, 0.15) is 12.4 Å². The van der Waals surface area contributed by atoms with Crippen LogP contribution < -0.4 is 15.4 Å². The Labute approximate surface area is 151 Å². The second-order valence-corrected chi connectivity index (χ2v) is 6.25. The van der Waals surface area contributed by atoms with Crippen LogP contribution in [0.3, 0.4) is 0 Å². The van der Waals surface area contributed by atoms with Crippen LogP contribution in [0.1, 0.15) is 18.4 Å². The van der Waals surface area contributed by atoms with Crippen LogP contribution in [0.15, 0.2) is 29.3 Å². The van der Waals surface area contributed by atoms with E-state index >= 15 is 0 Å². The predicted octanol–water partition coefficient (Wildman–Crippen LogP) is 1.98. The van der Waals surface area contributed by atoms with E-state index in [1.165, 1.54) is 5.56 Å². The summed E-state index contributed by atoms with van der Waals surface area (Å²) in [7, 11) is 1.77. The molecular formula is C19H31N3O3. The van der Waals surface area contributed by atoms with Crippen molar-refractivity contribution in [1.82, 2.24) is 10.6 Å². The maximum Gasteiger partial charge on any atom is 0.191 e. The Morgan fingerprint density at radius 2 is 2.00 bits per heavy atom. The van der Waals surface area contributed by atoms with Gasteiger partial charge < -0.3 is 24.8 Å². The summed E-state index contributed by atoms with van der Waals surface area (Å²) in [6, 6.07) is 8.07. The fourth-order valence-electron chi connectivity index (χ4n) is 2.54. The average Bonchev–Trinajstić information content (AvgIpc) is 3.14. The third-order valence-corrected chi connectivity index (χ3v) is 4.04. The number of ether oxygens (including phenoxy) is 3. The molecule has 0 spiro atoms. The van der Waals surface area contributed by atoms with E-state index in [1.807, 2.05) is 24.3 Å². The average molecular weight is 349 g/mol. The zero-order valence-corrected chi connectivity index (χ0v) is 15.4. The number of nitrogens with one attached hydrogen (secondary N) is 2. The molecule has 140 valence electrons. The number of hydrogen-bond donors (Lipinski definition) is 2. The molecule has 2 rings (SSSR count). The summed E-state index contributed by atoms with van der Waals surface area (Å²) in [6.45, 7) is 7.49. The first kappa shape index (κ1) is 19.5. The van der Waals surface area contributed by atoms with Gasteiger partial charge in [0.15, 0.2) is 5.96 Å². The molecule has 25 heavy (non-hydrogen) atoms. The van der Waals surface area contributed by atoms with Gasteiger partial charge in [-0.25, -0.2) is 0 Å². The molecule has 1 heterocycles. The fourth-order valence-corrected chi connectivity index (χ4v) is 2.54. The van der Waals surface area contributed by atoms with Gasteiger partial charge in [0.2, 0.25) is 0 Å². The molecule has 1 aliphatic heterocycles.